The summed E-state index contributed by atoms with van der Waals surface area (Å²) in [7, 11) is 1.93. The Balaban J connectivity index is 1.73. The molecule has 120 valence electrons. The van der Waals surface area contributed by atoms with E-state index in [-0.39, 0.29) is 5.91 Å². The van der Waals surface area contributed by atoms with E-state index in [2.05, 4.69) is 33.5 Å². The Bertz CT molecular complexity index is 885. The van der Waals surface area contributed by atoms with Crippen molar-refractivity contribution in [1.29, 1.82) is 0 Å². The molecule has 3 aromatic rings. The van der Waals surface area contributed by atoms with Gasteiger partial charge in [-0.25, -0.2) is 0 Å². The van der Waals surface area contributed by atoms with Crippen LogP contribution in [-0.4, -0.2) is 22.2 Å². The molecule has 2 heterocycles. The molecular formula is C19H18N4O. The Morgan fingerprint density at radius 2 is 1.96 bits per heavy atom. The second-order valence-electron chi connectivity index (χ2n) is 5.96. The quantitative estimate of drug-likeness (QED) is 0.807. The normalized spacial score (nSPS) is 13.5. The first kappa shape index (κ1) is 14.5. The largest absolute Gasteiger partial charge is 0.356 e. The Morgan fingerprint density at radius 1 is 1.12 bits per heavy atom. The summed E-state index contributed by atoms with van der Waals surface area (Å²) >= 11 is 0. The van der Waals surface area contributed by atoms with E-state index in [1.807, 2.05) is 48.1 Å². The number of rotatable bonds is 3. The number of fused-ring (bicyclic) bond motifs is 1. The summed E-state index contributed by atoms with van der Waals surface area (Å²) in [5.41, 5.74) is 5.21. The van der Waals surface area contributed by atoms with Gasteiger partial charge in [0.25, 0.3) is 0 Å². The molecule has 1 amide bonds. The fourth-order valence-electron chi connectivity index (χ4n) is 3.11. The van der Waals surface area contributed by atoms with Gasteiger partial charge in [0.05, 0.1) is 23.6 Å². The number of hydrogen-bond donors (Lipinski definition) is 1. The molecule has 0 fully saturated rings. The molecule has 5 heteroatoms. The Labute approximate surface area is 140 Å². The van der Waals surface area contributed by atoms with E-state index < -0.39 is 0 Å². The van der Waals surface area contributed by atoms with Gasteiger partial charge >= 0.3 is 0 Å². The summed E-state index contributed by atoms with van der Waals surface area (Å²) in [6, 6.07) is 18.3. The zero-order valence-electron chi connectivity index (χ0n) is 13.4. The summed E-state index contributed by atoms with van der Waals surface area (Å²) in [5, 5.41) is 7.20. The summed E-state index contributed by atoms with van der Waals surface area (Å²) in [6.45, 7) is 1.06. The van der Waals surface area contributed by atoms with Crippen LogP contribution in [0.2, 0.25) is 0 Å². The van der Waals surface area contributed by atoms with E-state index in [9.17, 15) is 4.79 Å². The smallest absolute Gasteiger partial charge is 0.243 e. The second kappa shape index (κ2) is 5.85. The molecule has 24 heavy (non-hydrogen) atoms. The lowest BCUT2D eigenvalue weighted by molar-refractivity contribution is -0.115. The molecule has 0 bridgehead atoms. The highest BCUT2D eigenvalue weighted by Gasteiger charge is 2.22. The fourth-order valence-corrected chi connectivity index (χ4v) is 3.11. The minimum Gasteiger partial charge on any atom is -0.356 e. The topological polar surface area (TPSA) is 50.2 Å². The monoisotopic (exact) mass is 318 g/mol. The van der Waals surface area contributed by atoms with Crippen LogP contribution < -0.4 is 10.2 Å². The number of anilines is 2. The van der Waals surface area contributed by atoms with Gasteiger partial charge in [0, 0.05) is 25.4 Å². The van der Waals surface area contributed by atoms with Crippen LogP contribution in [0.15, 0.2) is 60.8 Å². The number of benzene rings is 2. The lowest BCUT2D eigenvalue weighted by atomic mass is 10.1. The Kier molecular flexibility index (Phi) is 3.54. The maximum atomic E-state index is 12.0. The van der Waals surface area contributed by atoms with Gasteiger partial charge in [0.15, 0.2) is 0 Å². The van der Waals surface area contributed by atoms with Crippen LogP contribution in [0.1, 0.15) is 5.56 Å². The minimum atomic E-state index is 0.0201. The molecular weight excluding hydrogens is 300 g/mol. The summed E-state index contributed by atoms with van der Waals surface area (Å²) in [5.74, 6) is 0.0201. The molecule has 0 saturated carbocycles. The molecule has 4 rings (SSSR count). The number of hydrogen-bond acceptors (Lipinski definition) is 3. The van der Waals surface area contributed by atoms with E-state index in [1.54, 1.807) is 6.20 Å². The first-order chi connectivity index (χ1) is 11.7. The van der Waals surface area contributed by atoms with Crippen LogP contribution in [0.4, 0.5) is 11.4 Å². The third-order valence-corrected chi connectivity index (χ3v) is 4.28. The summed E-state index contributed by atoms with van der Waals surface area (Å²) < 4.78 is 1.85. The lowest BCUT2D eigenvalue weighted by Gasteiger charge is -2.31. The molecule has 0 aliphatic carbocycles. The van der Waals surface area contributed by atoms with E-state index in [4.69, 9.17) is 0 Å². The van der Waals surface area contributed by atoms with E-state index in [1.165, 1.54) is 5.56 Å². The van der Waals surface area contributed by atoms with Crippen molar-refractivity contribution in [1.82, 2.24) is 9.78 Å². The molecule has 0 spiro atoms. The fraction of sp³-hybridized carbons (Fsp3) is 0.158. The third kappa shape index (κ3) is 2.65. The molecule has 0 saturated heterocycles. The molecule has 0 radical (unpaired) electrons. The van der Waals surface area contributed by atoms with Gasteiger partial charge in [-0.3, -0.25) is 9.48 Å². The first-order valence-corrected chi connectivity index (χ1v) is 7.92. The van der Waals surface area contributed by atoms with Gasteiger partial charge in [-0.1, -0.05) is 36.4 Å². The molecule has 0 atom stereocenters. The third-order valence-electron chi connectivity index (χ3n) is 4.28. The lowest BCUT2D eigenvalue weighted by Crippen LogP contribution is -2.37. The number of carbonyl (C=O) groups is 1. The zero-order chi connectivity index (χ0) is 16.5. The van der Waals surface area contributed by atoms with Gasteiger partial charge in [0.1, 0.15) is 0 Å². The Hall–Kier alpha value is -3.08. The van der Waals surface area contributed by atoms with E-state index in [0.29, 0.717) is 13.1 Å². The maximum Gasteiger partial charge on any atom is 0.243 e. The van der Waals surface area contributed by atoms with Gasteiger partial charge < -0.3 is 10.2 Å². The van der Waals surface area contributed by atoms with Crippen molar-refractivity contribution in [2.45, 2.75) is 6.54 Å². The van der Waals surface area contributed by atoms with E-state index >= 15 is 0 Å². The van der Waals surface area contributed by atoms with Crippen molar-refractivity contribution in [2.75, 3.05) is 16.8 Å². The van der Waals surface area contributed by atoms with Gasteiger partial charge in [-0.05, 0) is 23.8 Å². The highest BCUT2D eigenvalue weighted by atomic mass is 16.2. The number of amides is 1. The molecule has 0 unspecified atom stereocenters. The van der Waals surface area contributed by atoms with E-state index in [0.717, 1.165) is 22.6 Å². The molecule has 2 aromatic carbocycles. The van der Waals surface area contributed by atoms with Gasteiger partial charge in [-0.2, -0.15) is 5.10 Å². The van der Waals surface area contributed by atoms with Crippen LogP contribution in [0.5, 0.6) is 0 Å². The summed E-state index contributed by atoms with van der Waals surface area (Å²) in [4.78, 5) is 14.1. The minimum absolute atomic E-state index is 0.0201. The number of nitrogens with zero attached hydrogens (tertiary/aromatic N) is 3. The average molecular weight is 318 g/mol. The molecule has 1 aromatic heterocycles. The zero-order valence-corrected chi connectivity index (χ0v) is 13.4. The molecule has 5 nitrogen and oxygen atoms in total. The SMILES string of the molecule is Cn1nccc1-c1ccc2c(c1)N(Cc1ccccc1)CC(=O)N2. The number of aromatic nitrogens is 2. The maximum absolute atomic E-state index is 12.0. The molecule has 1 N–H and O–H groups in total. The van der Waals surface area contributed by atoms with Gasteiger partial charge in [0.2, 0.25) is 5.91 Å². The van der Waals surface area contributed by atoms with Crippen molar-refractivity contribution in [3.05, 3.63) is 66.4 Å². The van der Waals surface area contributed by atoms with Crippen LogP contribution in [-0.2, 0) is 18.4 Å². The first-order valence-electron chi connectivity index (χ1n) is 7.92. The van der Waals surface area contributed by atoms with Crippen LogP contribution in [0.25, 0.3) is 11.3 Å². The number of nitrogens with one attached hydrogen (secondary N) is 1. The predicted molar refractivity (Wildman–Crippen MR) is 94.8 cm³/mol. The van der Waals surface area contributed by atoms with Crippen LogP contribution in [0.3, 0.4) is 0 Å². The second-order valence-corrected chi connectivity index (χ2v) is 5.96. The number of aryl methyl sites for hydroxylation is 1. The standard InChI is InChI=1S/C19H18N4O/c1-22-17(9-10-20-22)15-7-8-16-18(11-15)23(13-19(24)21-16)12-14-5-3-2-4-6-14/h2-11H,12-13H2,1H3,(H,21,24). The highest BCUT2D eigenvalue weighted by Crippen LogP contribution is 2.34. The Morgan fingerprint density at radius 3 is 2.71 bits per heavy atom. The van der Waals surface area contributed by atoms with Crippen molar-refractivity contribution < 1.29 is 4.79 Å². The van der Waals surface area contributed by atoms with Crippen LogP contribution >= 0.6 is 0 Å². The average Bonchev–Trinajstić information content (AvgIpc) is 3.01. The van der Waals surface area contributed by atoms with Crippen molar-refractivity contribution in [2.24, 2.45) is 7.05 Å². The summed E-state index contributed by atoms with van der Waals surface area (Å²) in [6.07, 6.45) is 1.79. The van der Waals surface area contributed by atoms with Crippen molar-refractivity contribution >= 4 is 17.3 Å². The van der Waals surface area contributed by atoms with Crippen molar-refractivity contribution in [3.8, 4) is 11.3 Å². The number of carbonyl (C=O) groups excluding carboxylic acids is 1. The molecule has 1 aliphatic heterocycles. The van der Waals surface area contributed by atoms with Crippen LogP contribution in [0, 0.1) is 0 Å². The van der Waals surface area contributed by atoms with Gasteiger partial charge in [-0.15, -0.1) is 0 Å². The van der Waals surface area contributed by atoms with Crippen molar-refractivity contribution in [3.63, 3.8) is 0 Å². The predicted octanol–water partition coefficient (Wildman–Crippen LogP) is 3.05. The molecule has 1 aliphatic rings. The highest BCUT2D eigenvalue weighted by molar-refractivity contribution is 6.01.